The number of halogens is 1. The molecule has 0 aliphatic carbocycles. The fourth-order valence-corrected chi connectivity index (χ4v) is 1.64. The molecule has 0 fully saturated rings. The second-order valence-electron chi connectivity index (χ2n) is 4.36. The van der Waals surface area contributed by atoms with Crippen LogP contribution in [-0.4, -0.2) is 28.4 Å². The molecular formula is C12H17BrN2O. The number of carbonyl (C=O) groups is 1. The van der Waals surface area contributed by atoms with Gasteiger partial charge in [-0.05, 0) is 48.3 Å². The molecule has 1 amide bonds. The first-order valence-electron chi connectivity index (χ1n) is 5.29. The van der Waals surface area contributed by atoms with Gasteiger partial charge in [0.2, 0.25) is 0 Å². The minimum Gasteiger partial charge on any atom is -0.335 e. The highest BCUT2D eigenvalue weighted by Gasteiger charge is 2.28. The quantitative estimate of drug-likeness (QED) is 0.855. The molecule has 0 saturated heterocycles. The Morgan fingerprint density at radius 2 is 2.19 bits per heavy atom. The first-order valence-corrected chi connectivity index (χ1v) is 6.08. The minimum absolute atomic E-state index is 0.0562. The smallest absolute Gasteiger partial charge is 0.273 e. The lowest BCUT2D eigenvalue weighted by atomic mass is 9.99. The van der Waals surface area contributed by atoms with Gasteiger partial charge in [-0.1, -0.05) is 6.92 Å². The van der Waals surface area contributed by atoms with Crippen LogP contribution in [0.3, 0.4) is 0 Å². The summed E-state index contributed by atoms with van der Waals surface area (Å²) in [5.41, 5.74) is 0.306. The Bertz CT molecular complexity index is 390. The van der Waals surface area contributed by atoms with Gasteiger partial charge in [0.1, 0.15) is 5.69 Å². The molecule has 0 saturated carbocycles. The molecule has 4 heteroatoms. The van der Waals surface area contributed by atoms with Gasteiger partial charge in [-0.15, -0.1) is 0 Å². The average Bonchev–Trinajstić information content (AvgIpc) is 2.27. The van der Waals surface area contributed by atoms with E-state index < -0.39 is 0 Å². The summed E-state index contributed by atoms with van der Waals surface area (Å²) in [6.45, 7) is 6.15. The van der Waals surface area contributed by atoms with Crippen molar-refractivity contribution in [3.8, 4) is 0 Å². The Kier molecular flexibility index (Phi) is 4.08. The molecule has 88 valence electrons. The van der Waals surface area contributed by atoms with Gasteiger partial charge in [0.05, 0.1) is 0 Å². The van der Waals surface area contributed by atoms with E-state index in [4.69, 9.17) is 0 Å². The molecule has 0 unspecified atom stereocenters. The van der Waals surface area contributed by atoms with Crippen molar-refractivity contribution >= 4 is 21.8 Å². The van der Waals surface area contributed by atoms with E-state index in [9.17, 15) is 4.79 Å². The van der Waals surface area contributed by atoms with Crippen LogP contribution in [0, 0.1) is 0 Å². The fraction of sp³-hybridized carbons (Fsp3) is 0.500. The maximum Gasteiger partial charge on any atom is 0.273 e. The van der Waals surface area contributed by atoms with E-state index in [1.165, 1.54) is 0 Å². The van der Waals surface area contributed by atoms with Gasteiger partial charge in [0.25, 0.3) is 5.91 Å². The molecule has 1 heterocycles. The highest BCUT2D eigenvalue weighted by molar-refractivity contribution is 9.10. The summed E-state index contributed by atoms with van der Waals surface area (Å²) in [5.74, 6) is -0.0562. The zero-order chi connectivity index (χ0) is 12.3. The maximum absolute atomic E-state index is 12.2. The van der Waals surface area contributed by atoms with Gasteiger partial charge in [-0.3, -0.25) is 4.79 Å². The van der Waals surface area contributed by atoms with Crippen molar-refractivity contribution in [1.82, 2.24) is 9.88 Å². The molecule has 0 radical (unpaired) electrons. The van der Waals surface area contributed by atoms with Crippen molar-refractivity contribution in [3.05, 3.63) is 28.5 Å². The van der Waals surface area contributed by atoms with Crippen molar-refractivity contribution in [2.45, 2.75) is 32.7 Å². The van der Waals surface area contributed by atoms with E-state index in [1.54, 1.807) is 17.2 Å². The first-order chi connectivity index (χ1) is 7.40. The zero-order valence-corrected chi connectivity index (χ0v) is 11.7. The zero-order valence-electron chi connectivity index (χ0n) is 10.1. The molecule has 1 aromatic heterocycles. The second kappa shape index (κ2) is 4.95. The third kappa shape index (κ3) is 2.61. The highest BCUT2D eigenvalue weighted by atomic mass is 79.9. The summed E-state index contributed by atoms with van der Waals surface area (Å²) in [6.07, 6.45) is 2.53. The molecule has 3 nitrogen and oxygen atoms in total. The topological polar surface area (TPSA) is 33.2 Å². The Labute approximate surface area is 105 Å². The number of aromatic nitrogens is 1. The monoisotopic (exact) mass is 284 g/mol. The van der Waals surface area contributed by atoms with Gasteiger partial charge >= 0.3 is 0 Å². The van der Waals surface area contributed by atoms with Gasteiger partial charge < -0.3 is 4.90 Å². The summed E-state index contributed by atoms with van der Waals surface area (Å²) in [6, 6.07) is 3.62. The number of hydrogen-bond acceptors (Lipinski definition) is 2. The molecule has 0 aliphatic rings. The normalized spacial score (nSPS) is 11.3. The van der Waals surface area contributed by atoms with E-state index in [0.717, 1.165) is 10.9 Å². The molecule has 1 aromatic rings. The van der Waals surface area contributed by atoms with Crippen LogP contribution in [0.5, 0.6) is 0 Å². The van der Waals surface area contributed by atoms with Crippen LogP contribution in [0.15, 0.2) is 22.8 Å². The predicted molar refractivity (Wildman–Crippen MR) is 68.4 cm³/mol. The Hall–Kier alpha value is -0.900. The number of rotatable bonds is 3. The molecule has 0 aliphatic heterocycles. The van der Waals surface area contributed by atoms with Gasteiger partial charge in [0, 0.05) is 23.3 Å². The molecular weight excluding hydrogens is 268 g/mol. The lowest BCUT2D eigenvalue weighted by Gasteiger charge is -2.34. The summed E-state index contributed by atoms with van der Waals surface area (Å²) >= 11 is 3.34. The van der Waals surface area contributed by atoms with Crippen LogP contribution < -0.4 is 0 Å². The number of hydrogen-bond donors (Lipinski definition) is 0. The number of carbonyl (C=O) groups excluding carboxylic acids is 1. The average molecular weight is 285 g/mol. The van der Waals surface area contributed by atoms with E-state index in [1.807, 2.05) is 27.0 Å². The Balaban J connectivity index is 3.00. The third-order valence-electron chi connectivity index (χ3n) is 3.04. The Morgan fingerprint density at radius 1 is 1.56 bits per heavy atom. The standard InChI is InChI=1S/C12H17BrN2O/c1-5-12(2,3)15(4)11(16)10-9(13)7-6-8-14-10/h6-8H,5H2,1-4H3. The first kappa shape index (κ1) is 13.2. The Morgan fingerprint density at radius 3 is 2.69 bits per heavy atom. The molecule has 1 rings (SSSR count). The van der Waals surface area contributed by atoms with Crippen molar-refractivity contribution in [2.75, 3.05) is 7.05 Å². The molecule has 0 aromatic carbocycles. The van der Waals surface area contributed by atoms with Crippen molar-refractivity contribution in [3.63, 3.8) is 0 Å². The largest absolute Gasteiger partial charge is 0.335 e. The van der Waals surface area contributed by atoms with Gasteiger partial charge in [-0.2, -0.15) is 0 Å². The van der Waals surface area contributed by atoms with Crippen LogP contribution in [0.1, 0.15) is 37.7 Å². The van der Waals surface area contributed by atoms with Gasteiger partial charge in [-0.25, -0.2) is 4.98 Å². The SMILES string of the molecule is CCC(C)(C)N(C)C(=O)c1ncccc1Br. The minimum atomic E-state index is -0.159. The second-order valence-corrected chi connectivity index (χ2v) is 5.22. The molecule has 0 bridgehead atoms. The molecule has 0 N–H and O–H groups in total. The molecule has 16 heavy (non-hydrogen) atoms. The predicted octanol–water partition coefficient (Wildman–Crippen LogP) is 3.10. The summed E-state index contributed by atoms with van der Waals surface area (Å²) in [7, 11) is 1.81. The van der Waals surface area contributed by atoms with E-state index in [-0.39, 0.29) is 11.4 Å². The van der Waals surface area contributed by atoms with Crippen LogP contribution in [-0.2, 0) is 0 Å². The van der Waals surface area contributed by atoms with E-state index in [2.05, 4.69) is 27.8 Å². The van der Waals surface area contributed by atoms with Crippen LogP contribution in [0.2, 0.25) is 0 Å². The van der Waals surface area contributed by atoms with E-state index in [0.29, 0.717) is 5.69 Å². The summed E-state index contributed by atoms with van der Waals surface area (Å²) < 4.78 is 0.735. The summed E-state index contributed by atoms with van der Waals surface area (Å²) in [5, 5.41) is 0. The van der Waals surface area contributed by atoms with Crippen molar-refractivity contribution in [1.29, 1.82) is 0 Å². The number of nitrogens with zero attached hydrogens (tertiary/aromatic N) is 2. The van der Waals surface area contributed by atoms with Crippen molar-refractivity contribution < 1.29 is 4.79 Å². The highest BCUT2D eigenvalue weighted by Crippen LogP contribution is 2.21. The van der Waals surface area contributed by atoms with Crippen LogP contribution >= 0.6 is 15.9 Å². The maximum atomic E-state index is 12.2. The summed E-state index contributed by atoms with van der Waals surface area (Å²) in [4.78, 5) is 18.0. The molecule has 0 spiro atoms. The van der Waals surface area contributed by atoms with Crippen molar-refractivity contribution in [2.24, 2.45) is 0 Å². The lowest BCUT2D eigenvalue weighted by molar-refractivity contribution is 0.0613. The fourth-order valence-electron chi connectivity index (χ4n) is 1.21. The number of pyridine rings is 1. The van der Waals surface area contributed by atoms with Gasteiger partial charge in [0.15, 0.2) is 0 Å². The number of amides is 1. The third-order valence-corrected chi connectivity index (χ3v) is 3.68. The lowest BCUT2D eigenvalue weighted by Crippen LogP contribution is -2.44. The van der Waals surface area contributed by atoms with E-state index >= 15 is 0 Å². The van der Waals surface area contributed by atoms with Crippen LogP contribution in [0.25, 0.3) is 0 Å². The molecule has 0 atom stereocenters. The van der Waals surface area contributed by atoms with Crippen LogP contribution in [0.4, 0.5) is 0 Å².